The Kier molecular flexibility index (Phi) is 6.48. The average molecular weight is 458 g/mol. The molecule has 1 aliphatic carbocycles. The normalized spacial score (nSPS) is 17.9. The van der Waals surface area contributed by atoms with E-state index in [9.17, 15) is 18.4 Å². The van der Waals surface area contributed by atoms with Crippen molar-refractivity contribution in [2.24, 2.45) is 5.92 Å². The lowest BCUT2D eigenvalue weighted by Crippen LogP contribution is -2.27. The van der Waals surface area contributed by atoms with Gasteiger partial charge >= 0.3 is 23.8 Å². The number of rotatable bonds is 7. The molecule has 0 unspecified atom stereocenters. The monoisotopic (exact) mass is 458 g/mol. The first-order valence-electron chi connectivity index (χ1n) is 10.2. The van der Waals surface area contributed by atoms with Crippen molar-refractivity contribution >= 4 is 29.3 Å². The summed E-state index contributed by atoms with van der Waals surface area (Å²) in [6.07, 6.45) is 1.98. The maximum atomic E-state index is 14.5. The Morgan fingerprint density at radius 1 is 1.03 bits per heavy atom. The van der Waals surface area contributed by atoms with Gasteiger partial charge in [0.2, 0.25) is 0 Å². The molecular formula is C22H20F2N4O5. The summed E-state index contributed by atoms with van der Waals surface area (Å²) in [6.45, 7) is 0. The summed E-state index contributed by atoms with van der Waals surface area (Å²) >= 11 is 0. The Morgan fingerprint density at radius 3 is 2.42 bits per heavy atom. The van der Waals surface area contributed by atoms with Gasteiger partial charge in [0.15, 0.2) is 0 Å². The third-order valence-corrected chi connectivity index (χ3v) is 5.23. The minimum absolute atomic E-state index is 0.0893. The number of aromatic nitrogens is 2. The summed E-state index contributed by atoms with van der Waals surface area (Å²) < 4.78 is 38.4. The topological polar surface area (TPSA) is 127 Å². The Hall–Kier alpha value is -4.02. The average Bonchev–Trinajstić information content (AvgIpc) is 3.26. The predicted molar refractivity (Wildman–Crippen MR) is 112 cm³/mol. The lowest BCUT2D eigenvalue weighted by Gasteiger charge is -2.26. The lowest BCUT2D eigenvalue weighted by molar-refractivity contribution is -0.143. The van der Waals surface area contributed by atoms with Crippen LogP contribution < -0.4 is 15.4 Å². The van der Waals surface area contributed by atoms with Crippen molar-refractivity contribution in [1.29, 1.82) is 0 Å². The molecule has 1 amide bonds. The zero-order valence-corrected chi connectivity index (χ0v) is 17.3. The van der Waals surface area contributed by atoms with Crippen molar-refractivity contribution in [2.45, 2.75) is 31.8 Å². The second kappa shape index (κ2) is 9.63. The van der Waals surface area contributed by atoms with Crippen LogP contribution in [0.2, 0.25) is 0 Å². The van der Waals surface area contributed by atoms with E-state index < -0.39 is 29.4 Å². The van der Waals surface area contributed by atoms with Crippen LogP contribution in [-0.4, -0.2) is 33.3 Å². The van der Waals surface area contributed by atoms with Gasteiger partial charge in [0.05, 0.1) is 17.7 Å². The highest BCUT2D eigenvalue weighted by Crippen LogP contribution is 2.29. The van der Waals surface area contributed by atoms with Crippen molar-refractivity contribution in [3.05, 3.63) is 60.0 Å². The first kappa shape index (κ1) is 22.2. The van der Waals surface area contributed by atoms with Crippen LogP contribution >= 0.6 is 0 Å². The highest BCUT2D eigenvalue weighted by atomic mass is 19.1. The number of carbonyl (C=O) groups is 2. The molecule has 0 radical (unpaired) electrons. The number of ether oxygens (including phenoxy) is 1. The Labute approximate surface area is 186 Å². The minimum Gasteiger partial charge on any atom is -0.490 e. The van der Waals surface area contributed by atoms with Gasteiger partial charge in [-0.15, -0.1) is 5.10 Å². The van der Waals surface area contributed by atoms with Crippen molar-refractivity contribution in [3.8, 4) is 5.75 Å². The second-order valence-electron chi connectivity index (χ2n) is 7.57. The smallest absolute Gasteiger partial charge is 0.320 e. The summed E-state index contributed by atoms with van der Waals surface area (Å²) in [4.78, 5) is 23.4. The SMILES string of the molecule is O=C(Nc1ccc(O[C@H]2CC[C@H](C(=O)O)CC2)cc1F)c1nnc(Nc2ccc(F)cc2)o1. The molecule has 3 aromatic rings. The number of hydrogen-bond donors (Lipinski definition) is 3. The molecule has 3 N–H and O–H groups in total. The van der Waals surface area contributed by atoms with Crippen LogP contribution in [0, 0.1) is 17.6 Å². The van der Waals surface area contributed by atoms with Gasteiger partial charge in [-0.1, -0.05) is 5.10 Å². The molecule has 0 aliphatic heterocycles. The number of carboxylic acid groups (broad SMARTS) is 1. The third-order valence-electron chi connectivity index (χ3n) is 5.23. The van der Waals surface area contributed by atoms with Crippen LogP contribution in [-0.2, 0) is 4.79 Å². The van der Waals surface area contributed by atoms with Crippen LogP contribution in [0.4, 0.5) is 26.2 Å². The van der Waals surface area contributed by atoms with E-state index in [0.29, 0.717) is 31.4 Å². The molecule has 33 heavy (non-hydrogen) atoms. The van der Waals surface area contributed by atoms with Gasteiger partial charge in [0.1, 0.15) is 17.4 Å². The van der Waals surface area contributed by atoms with E-state index in [1.807, 2.05) is 0 Å². The van der Waals surface area contributed by atoms with Gasteiger partial charge in [0, 0.05) is 11.8 Å². The molecule has 2 aromatic carbocycles. The summed E-state index contributed by atoms with van der Waals surface area (Å²) in [5.41, 5.74) is 0.373. The van der Waals surface area contributed by atoms with E-state index in [4.69, 9.17) is 14.3 Å². The molecular weight excluding hydrogens is 438 g/mol. The largest absolute Gasteiger partial charge is 0.490 e. The molecule has 11 heteroatoms. The number of benzene rings is 2. The molecule has 172 valence electrons. The first-order valence-corrected chi connectivity index (χ1v) is 10.2. The number of nitrogens with one attached hydrogen (secondary N) is 2. The molecule has 9 nitrogen and oxygen atoms in total. The van der Waals surface area contributed by atoms with Gasteiger partial charge in [0.25, 0.3) is 0 Å². The number of carboxylic acids is 1. The maximum absolute atomic E-state index is 14.5. The van der Waals surface area contributed by atoms with E-state index in [1.165, 1.54) is 36.4 Å². The number of carbonyl (C=O) groups excluding carboxylic acids is 1. The fraction of sp³-hybridized carbons (Fsp3) is 0.273. The summed E-state index contributed by atoms with van der Waals surface area (Å²) in [5.74, 6) is -3.22. The van der Waals surface area contributed by atoms with E-state index in [-0.39, 0.29) is 29.5 Å². The molecule has 0 bridgehead atoms. The fourth-order valence-electron chi connectivity index (χ4n) is 3.49. The molecule has 0 spiro atoms. The number of amides is 1. The maximum Gasteiger partial charge on any atom is 0.320 e. The molecule has 1 fully saturated rings. The standard InChI is InChI=1S/C22H20F2N4O5/c23-13-3-5-14(6-4-13)25-22-28-27-20(33-22)19(29)26-18-10-9-16(11-17(18)24)32-15-7-1-12(2-8-15)21(30)31/h3-6,9-12,15H,1-2,7-8H2,(H,25,28)(H,26,29)(H,30,31)/t12-,15-. The molecule has 1 heterocycles. The fourth-order valence-corrected chi connectivity index (χ4v) is 3.49. The van der Waals surface area contributed by atoms with Crippen LogP contribution in [0.5, 0.6) is 5.75 Å². The molecule has 1 aromatic heterocycles. The van der Waals surface area contributed by atoms with Crippen LogP contribution in [0.15, 0.2) is 46.9 Å². The van der Waals surface area contributed by atoms with Crippen LogP contribution in [0.25, 0.3) is 0 Å². The zero-order chi connectivity index (χ0) is 23.4. The molecule has 4 rings (SSSR count). The van der Waals surface area contributed by atoms with Gasteiger partial charge in [-0.3, -0.25) is 9.59 Å². The molecule has 1 aliphatic rings. The summed E-state index contributed by atoms with van der Waals surface area (Å²) in [6, 6.07) is 9.30. The van der Waals surface area contributed by atoms with E-state index in [2.05, 4.69) is 20.8 Å². The second-order valence-corrected chi connectivity index (χ2v) is 7.57. The van der Waals surface area contributed by atoms with E-state index in [0.717, 1.165) is 6.07 Å². The quantitative estimate of drug-likeness (QED) is 0.477. The Balaban J connectivity index is 1.33. The van der Waals surface area contributed by atoms with Gasteiger partial charge < -0.3 is 24.9 Å². The predicted octanol–water partition coefficient (Wildman–Crippen LogP) is 4.37. The Morgan fingerprint density at radius 2 is 1.76 bits per heavy atom. The van der Waals surface area contributed by atoms with Crippen molar-refractivity contribution in [3.63, 3.8) is 0 Å². The van der Waals surface area contributed by atoms with Crippen LogP contribution in [0.1, 0.15) is 36.4 Å². The number of hydrogen-bond acceptors (Lipinski definition) is 7. The molecule has 0 atom stereocenters. The zero-order valence-electron chi connectivity index (χ0n) is 17.3. The summed E-state index contributed by atoms with van der Waals surface area (Å²) in [5, 5.41) is 21.4. The van der Waals surface area contributed by atoms with Gasteiger partial charge in [-0.05, 0) is 62.1 Å². The Bertz CT molecular complexity index is 1140. The number of nitrogens with zero attached hydrogens (tertiary/aromatic N) is 2. The molecule has 1 saturated carbocycles. The number of anilines is 3. The van der Waals surface area contributed by atoms with E-state index in [1.54, 1.807) is 0 Å². The van der Waals surface area contributed by atoms with Crippen molar-refractivity contribution in [1.82, 2.24) is 10.2 Å². The van der Waals surface area contributed by atoms with Crippen LogP contribution in [0.3, 0.4) is 0 Å². The third kappa shape index (κ3) is 5.62. The van der Waals surface area contributed by atoms with Crippen molar-refractivity contribution in [2.75, 3.05) is 10.6 Å². The lowest BCUT2D eigenvalue weighted by atomic mass is 9.87. The first-order chi connectivity index (χ1) is 15.9. The van der Waals surface area contributed by atoms with Gasteiger partial charge in [-0.25, -0.2) is 8.78 Å². The number of aliphatic carboxylic acids is 1. The van der Waals surface area contributed by atoms with E-state index >= 15 is 0 Å². The van der Waals surface area contributed by atoms with Gasteiger partial charge in [-0.2, -0.15) is 0 Å². The number of halogens is 2. The minimum atomic E-state index is -0.811. The highest BCUT2D eigenvalue weighted by Gasteiger charge is 2.27. The highest BCUT2D eigenvalue weighted by molar-refractivity contribution is 6.01. The molecule has 0 saturated heterocycles. The summed E-state index contributed by atoms with van der Waals surface area (Å²) in [7, 11) is 0. The van der Waals surface area contributed by atoms with Crippen molar-refractivity contribution < 1.29 is 32.6 Å².